The second-order valence-electron chi connectivity index (χ2n) is 2.76. The monoisotopic (exact) mass is 236 g/mol. The largest absolute Gasteiger partial charge is 0.497 e. The lowest BCUT2D eigenvalue weighted by Crippen LogP contribution is -1.97. The van der Waals surface area contributed by atoms with E-state index in [9.17, 15) is 0 Å². The minimum absolute atomic E-state index is 0.253. The molecule has 0 spiro atoms. The lowest BCUT2D eigenvalue weighted by Gasteiger charge is -2.01. The molecule has 0 atom stereocenters. The Labute approximate surface area is 99.1 Å². The molecule has 0 amide bonds. The van der Waals surface area contributed by atoms with Crippen LogP contribution in [0.5, 0.6) is 5.75 Å². The van der Waals surface area contributed by atoms with Crippen molar-refractivity contribution >= 4 is 17.8 Å². The molecule has 0 aliphatic carbocycles. The van der Waals surface area contributed by atoms with Gasteiger partial charge in [0.15, 0.2) is 5.71 Å². The van der Waals surface area contributed by atoms with Crippen molar-refractivity contribution in [1.82, 2.24) is 0 Å². The molecule has 4 nitrogen and oxygen atoms in total. The molecule has 0 saturated heterocycles. The molecule has 0 unspecified atom stereocenters. The van der Waals surface area contributed by atoms with Crippen LogP contribution >= 0.6 is 12.0 Å². The van der Waals surface area contributed by atoms with E-state index in [-0.39, 0.29) is 5.71 Å². The summed E-state index contributed by atoms with van der Waals surface area (Å²) in [6.07, 6.45) is 0. The molecule has 5 heteroatoms. The number of nitrogens with zero attached hydrogens (tertiary/aromatic N) is 2. The summed E-state index contributed by atoms with van der Waals surface area (Å²) in [7, 11) is 1.59. The summed E-state index contributed by atoms with van der Waals surface area (Å²) in [5.41, 5.74) is 0.962. The molecule has 0 bridgehead atoms. The van der Waals surface area contributed by atoms with Crippen molar-refractivity contribution in [2.24, 2.45) is 5.16 Å². The Hall–Kier alpha value is -1.67. The Morgan fingerprint density at radius 3 is 2.62 bits per heavy atom. The van der Waals surface area contributed by atoms with E-state index in [0.29, 0.717) is 5.56 Å². The van der Waals surface area contributed by atoms with Crippen LogP contribution in [-0.4, -0.2) is 18.6 Å². The molecule has 0 aliphatic heterocycles. The maximum absolute atomic E-state index is 8.90. The molecule has 1 aromatic rings. The zero-order valence-electron chi connectivity index (χ0n) is 9.14. The maximum Gasteiger partial charge on any atom is 0.188 e. The Balaban J connectivity index is 2.79. The Kier molecular flexibility index (Phi) is 5.23. The van der Waals surface area contributed by atoms with Gasteiger partial charge >= 0.3 is 0 Å². The molecular formula is C11H12N2O2S. The molecule has 1 aromatic carbocycles. The third-order valence-corrected chi connectivity index (χ3v) is 2.18. The highest BCUT2D eigenvalue weighted by atomic mass is 32.2. The van der Waals surface area contributed by atoms with Gasteiger partial charge in [0, 0.05) is 11.3 Å². The van der Waals surface area contributed by atoms with Crippen LogP contribution in [0.15, 0.2) is 29.4 Å². The van der Waals surface area contributed by atoms with Crippen LogP contribution < -0.4 is 4.74 Å². The number of oxime groups is 1. The normalized spacial score (nSPS) is 10.7. The highest BCUT2D eigenvalue weighted by Crippen LogP contribution is 2.12. The van der Waals surface area contributed by atoms with Gasteiger partial charge in [0.2, 0.25) is 0 Å². The first kappa shape index (κ1) is 12.4. The number of hydrogen-bond donors (Lipinski definition) is 0. The van der Waals surface area contributed by atoms with Crippen LogP contribution in [0, 0.1) is 11.3 Å². The van der Waals surface area contributed by atoms with E-state index in [0.717, 1.165) is 11.5 Å². The average Bonchev–Trinajstić information content (AvgIpc) is 2.35. The zero-order chi connectivity index (χ0) is 11.8. The quantitative estimate of drug-likeness (QED) is 0.341. The van der Waals surface area contributed by atoms with Gasteiger partial charge in [-0.3, -0.25) is 0 Å². The fraction of sp³-hybridized carbons (Fsp3) is 0.273. The van der Waals surface area contributed by atoms with Crippen molar-refractivity contribution in [1.29, 1.82) is 5.26 Å². The third kappa shape index (κ3) is 3.48. The number of hydrogen-bond acceptors (Lipinski definition) is 5. The van der Waals surface area contributed by atoms with Crippen LogP contribution in [0.2, 0.25) is 0 Å². The molecule has 0 fully saturated rings. The van der Waals surface area contributed by atoms with Crippen molar-refractivity contribution in [3.8, 4) is 11.8 Å². The van der Waals surface area contributed by atoms with Crippen molar-refractivity contribution < 1.29 is 9.02 Å². The molecule has 0 radical (unpaired) electrons. The van der Waals surface area contributed by atoms with Gasteiger partial charge in [0.1, 0.15) is 11.8 Å². The fourth-order valence-corrected chi connectivity index (χ4v) is 1.24. The second kappa shape index (κ2) is 6.75. The van der Waals surface area contributed by atoms with Crippen LogP contribution in [0.25, 0.3) is 0 Å². The van der Waals surface area contributed by atoms with E-state index >= 15 is 0 Å². The SMILES string of the molecule is CCSON=C(C#N)c1ccc(OC)cc1. The van der Waals surface area contributed by atoms with Crippen molar-refractivity contribution in [2.45, 2.75) is 6.92 Å². The van der Waals surface area contributed by atoms with E-state index in [1.54, 1.807) is 31.4 Å². The van der Waals surface area contributed by atoms with Gasteiger partial charge in [-0.05, 0) is 24.3 Å². The summed E-state index contributed by atoms with van der Waals surface area (Å²) in [5, 5.41) is 12.6. The van der Waals surface area contributed by atoms with Gasteiger partial charge in [0.25, 0.3) is 0 Å². The van der Waals surface area contributed by atoms with Gasteiger partial charge in [-0.1, -0.05) is 12.1 Å². The molecule has 84 valence electrons. The van der Waals surface area contributed by atoms with Crippen LogP contribution in [0.4, 0.5) is 0 Å². The minimum Gasteiger partial charge on any atom is -0.497 e. The van der Waals surface area contributed by atoms with E-state index in [1.165, 1.54) is 12.0 Å². The molecule has 0 aliphatic rings. The standard InChI is InChI=1S/C11H12N2O2S/c1-3-16-15-13-11(8-12)9-4-6-10(14-2)7-5-9/h4-7H,3H2,1-2H3. The van der Waals surface area contributed by atoms with Crippen molar-refractivity contribution in [2.75, 3.05) is 12.9 Å². The number of nitriles is 1. The number of benzene rings is 1. The minimum atomic E-state index is 0.253. The Bertz CT molecular complexity index is 395. The van der Waals surface area contributed by atoms with Crippen LogP contribution in [0.1, 0.15) is 12.5 Å². The first-order chi connectivity index (χ1) is 7.81. The highest BCUT2D eigenvalue weighted by molar-refractivity contribution is 7.94. The molecule has 0 saturated carbocycles. The summed E-state index contributed by atoms with van der Waals surface area (Å²) >= 11 is 1.19. The Morgan fingerprint density at radius 2 is 2.12 bits per heavy atom. The Morgan fingerprint density at radius 1 is 1.44 bits per heavy atom. The third-order valence-electron chi connectivity index (χ3n) is 1.77. The van der Waals surface area contributed by atoms with Gasteiger partial charge < -0.3 is 9.02 Å². The first-order valence-corrected chi connectivity index (χ1v) is 5.64. The number of ether oxygens (including phenoxy) is 1. The molecule has 0 N–H and O–H groups in total. The summed E-state index contributed by atoms with van der Waals surface area (Å²) in [6, 6.07) is 9.06. The lowest BCUT2D eigenvalue weighted by molar-refractivity contribution is 0.407. The predicted octanol–water partition coefficient (Wildman–Crippen LogP) is 2.61. The molecule has 16 heavy (non-hydrogen) atoms. The molecule has 0 aromatic heterocycles. The fourth-order valence-electron chi connectivity index (χ4n) is 1.00. The van der Waals surface area contributed by atoms with E-state index < -0.39 is 0 Å². The predicted molar refractivity (Wildman–Crippen MR) is 64.4 cm³/mol. The van der Waals surface area contributed by atoms with Crippen LogP contribution in [0.3, 0.4) is 0 Å². The number of rotatable bonds is 5. The average molecular weight is 236 g/mol. The second-order valence-corrected chi connectivity index (χ2v) is 3.72. The smallest absolute Gasteiger partial charge is 0.188 e. The van der Waals surface area contributed by atoms with Crippen molar-refractivity contribution in [3.05, 3.63) is 29.8 Å². The zero-order valence-corrected chi connectivity index (χ0v) is 9.95. The summed E-state index contributed by atoms with van der Waals surface area (Å²) in [6.45, 7) is 1.94. The number of methoxy groups -OCH3 is 1. The summed E-state index contributed by atoms with van der Waals surface area (Å²) < 4.78 is 9.92. The van der Waals surface area contributed by atoms with Gasteiger partial charge in [-0.15, -0.1) is 0 Å². The van der Waals surface area contributed by atoms with Gasteiger partial charge in [-0.2, -0.15) is 5.26 Å². The lowest BCUT2D eigenvalue weighted by atomic mass is 10.1. The molecular weight excluding hydrogens is 224 g/mol. The van der Waals surface area contributed by atoms with Crippen molar-refractivity contribution in [3.63, 3.8) is 0 Å². The van der Waals surface area contributed by atoms with Gasteiger partial charge in [-0.25, -0.2) is 0 Å². The summed E-state index contributed by atoms with van der Waals surface area (Å²) in [5.74, 6) is 1.52. The maximum atomic E-state index is 8.90. The van der Waals surface area contributed by atoms with Crippen LogP contribution in [-0.2, 0) is 4.28 Å². The highest BCUT2D eigenvalue weighted by Gasteiger charge is 2.03. The van der Waals surface area contributed by atoms with Gasteiger partial charge in [0.05, 0.1) is 19.2 Å². The topological polar surface area (TPSA) is 54.6 Å². The van der Waals surface area contributed by atoms with E-state index in [1.807, 2.05) is 13.0 Å². The molecule has 0 heterocycles. The summed E-state index contributed by atoms with van der Waals surface area (Å²) in [4.78, 5) is 0. The van der Waals surface area contributed by atoms with E-state index in [2.05, 4.69) is 5.16 Å². The first-order valence-electron chi connectivity index (χ1n) is 4.73. The molecule has 1 rings (SSSR count). The van der Waals surface area contributed by atoms with E-state index in [4.69, 9.17) is 14.3 Å².